The van der Waals surface area contributed by atoms with Gasteiger partial charge in [0, 0.05) is 16.6 Å². The van der Waals surface area contributed by atoms with Crippen LogP contribution in [0, 0.1) is 0 Å². The molecule has 0 saturated carbocycles. The molecule has 1 fully saturated rings. The van der Waals surface area contributed by atoms with E-state index in [1.165, 1.54) is 11.3 Å². The smallest absolute Gasteiger partial charge is 0.266 e. The maximum Gasteiger partial charge on any atom is 0.266 e. The van der Waals surface area contributed by atoms with Gasteiger partial charge in [-0.1, -0.05) is 18.2 Å². The molecule has 2 amide bonds. The van der Waals surface area contributed by atoms with Gasteiger partial charge in [-0.3, -0.25) is 9.59 Å². The summed E-state index contributed by atoms with van der Waals surface area (Å²) >= 11 is 1.37. The van der Waals surface area contributed by atoms with Gasteiger partial charge in [0.2, 0.25) is 5.91 Å². The van der Waals surface area contributed by atoms with Crippen molar-refractivity contribution in [3.05, 3.63) is 29.1 Å². The number of primary amides is 1. The fraction of sp³-hybridized carbons (Fsp3) is 0.333. The number of carbonyl (C=O) groups is 2. The first-order valence-corrected chi connectivity index (χ1v) is 7.78. The number of carbonyl (C=O) groups excluding carboxylic acids is 2. The molecule has 1 saturated heterocycles. The van der Waals surface area contributed by atoms with Gasteiger partial charge in [-0.15, -0.1) is 11.3 Å². The molecule has 2 heterocycles. The minimum Gasteiger partial charge on any atom is -0.397 e. The quantitative estimate of drug-likeness (QED) is 0.888. The second-order valence-electron chi connectivity index (χ2n) is 5.25. The number of hydrogen-bond acceptors (Lipinski definition) is 4. The van der Waals surface area contributed by atoms with Gasteiger partial charge in [-0.25, -0.2) is 0 Å². The van der Waals surface area contributed by atoms with Gasteiger partial charge in [-0.05, 0) is 25.3 Å². The number of amides is 2. The lowest BCUT2D eigenvalue weighted by atomic mass is 10.0. The van der Waals surface area contributed by atoms with Crippen molar-refractivity contribution < 1.29 is 9.59 Å². The minimum atomic E-state index is -0.518. The highest BCUT2D eigenvalue weighted by atomic mass is 32.1. The second-order valence-corrected chi connectivity index (χ2v) is 6.31. The second kappa shape index (κ2) is 5.37. The number of nitrogens with two attached hydrogens (primary N) is 2. The van der Waals surface area contributed by atoms with Crippen molar-refractivity contribution >= 4 is 38.9 Å². The van der Waals surface area contributed by atoms with Crippen molar-refractivity contribution in [2.24, 2.45) is 5.73 Å². The first-order valence-electron chi connectivity index (χ1n) is 6.97. The first kappa shape index (κ1) is 13.9. The SMILES string of the molecule is NC(=O)C1CCCCN1C(=O)c1sc2ccccc2c1N. The van der Waals surface area contributed by atoms with Crippen LogP contribution in [-0.2, 0) is 4.79 Å². The molecule has 6 heteroatoms. The summed E-state index contributed by atoms with van der Waals surface area (Å²) in [6, 6.07) is 7.14. The van der Waals surface area contributed by atoms with Crippen molar-refractivity contribution in [1.82, 2.24) is 4.90 Å². The number of hydrogen-bond donors (Lipinski definition) is 2. The molecular weight excluding hydrogens is 286 g/mol. The highest BCUT2D eigenvalue weighted by molar-refractivity contribution is 7.21. The summed E-state index contributed by atoms with van der Waals surface area (Å²) in [4.78, 5) is 26.4. The van der Waals surface area contributed by atoms with E-state index >= 15 is 0 Å². The Kier molecular flexibility index (Phi) is 3.55. The molecule has 1 aromatic carbocycles. The molecule has 1 aromatic heterocycles. The number of anilines is 1. The third-order valence-corrected chi connectivity index (χ3v) is 5.09. The molecule has 4 N–H and O–H groups in total. The lowest BCUT2D eigenvalue weighted by molar-refractivity contribution is -0.123. The van der Waals surface area contributed by atoms with Crippen molar-refractivity contribution in [2.45, 2.75) is 25.3 Å². The van der Waals surface area contributed by atoms with E-state index in [-0.39, 0.29) is 5.91 Å². The van der Waals surface area contributed by atoms with Gasteiger partial charge in [0.1, 0.15) is 10.9 Å². The number of fused-ring (bicyclic) bond motifs is 1. The van der Waals surface area contributed by atoms with Crippen LogP contribution in [0.3, 0.4) is 0 Å². The first-order chi connectivity index (χ1) is 10.1. The molecule has 3 rings (SSSR count). The Hall–Kier alpha value is -2.08. The van der Waals surface area contributed by atoms with Crippen LogP contribution in [0.2, 0.25) is 0 Å². The van der Waals surface area contributed by atoms with Crippen LogP contribution in [0.15, 0.2) is 24.3 Å². The van der Waals surface area contributed by atoms with Crippen LogP contribution >= 0.6 is 11.3 Å². The van der Waals surface area contributed by atoms with Crippen LogP contribution in [0.4, 0.5) is 5.69 Å². The summed E-state index contributed by atoms with van der Waals surface area (Å²) < 4.78 is 0.978. The summed E-state index contributed by atoms with van der Waals surface area (Å²) in [5, 5.41) is 0.887. The average molecular weight is 303 g/mol. The lowest BCUT2D eigenvalue weighted by Gasteiger charge is -2.33. The number of thiophene rings is 1. The number of nitrogen functional groups attached to an aromatic ring is 1. The molecule has 2 aromatic rings. The Labute approximate surface area is 126 Å². The van der Waals surface area contributed by atoms with Crippen molar-refractivity contribution in [1.29, 1.82) is 0 Å². The summed E-state index contributed by atoms with van der Waals surface area (Å²) in [6.45, 7) is 0.556. The third kappa shape index (κ3) is 2.35. The minimum absolute atomic E-state index is 0.183. The van der Waals surface area contributed by atoms with Crippen LogP contribution in [-0.4, -0.2) is 29.3 Å². The van der Waals surface area contributed by atoms with Crippen molar-refractivity contribution in [2.75, 3.05) is 12.3 Å². The zero-order chi connectivity index (χ0) is 15.0. The fourth-order valence-corrected chi connectivity index (χ4v) is 3.90. The van der Waals surface area contributed by atoms with E-state index in [9.17, 15) is 9.59 Å². The third-order valence-electron chi connectivity index (χ3n) is 3.92. The van der Waals surface area contributed by atoms with Gasteiger partial charge in [0.15, 0.2) is 0 Å². The summed E-state index contributed by atoms with van der Waals surface area (Å²) in [7, 11) is 0. The molecule has 21 heavy (non-hydrogen) atoms. The fourth-order valence-electron chi connectivity index (χ4n) is 2.83. The average Bonchev–Trinajstić information content (AvgIpc) is 2.84. The Bertz CT molecular complexity index is 710. The highest BCUT2D eigenvalue weighted by Gasteiger charge is 2.33. The summed E-state index contributed by atoms with van der Waals surface area (Å²) in [6.07, 6.45) is 2.44. The number of nitrogens with zero attached hydrogens (tertiary/aromatic N) is 1. The van der Waals surface area contributed by atoms with E-state index in [0.29, 0.717) is 23.5 Å². The normalized spacial score (nSPS) is 18.9. The number of rotatable bonds is 2. The van der Waals surface area contributed by atoms with Crippen LogP contribution in [0.5, 0.6) is 0 Å². The standard InChI is InChI=1S/C15H17N3O2S/c16-12-9-5-1-2-7-11(9)21-13(12)15(20)18-8-4-3-6-10(18)14(17)19/h1-2,5,7,10H,3-4,6,8,16H2,(H2,17,19). The van der Waals surface area contributed by atoms with E-state index in [1.54, 1.807) is 4.90 Å². The van der Waals surface area contributed by atoms with Crippen LogP contribution < -0.4 is 11.5 Å². The molecule has 1 unspecified atom stereocenters. The van der Waals surface area contributed by atoms with E-state index in [1.807, 2.05) is 24.3 Å². The van der Waals surface area contributed by atoms with E-state index in [0.717, 1.165) is 22.9 Å². The Balaban J connectivity index is 1.99. The van der Waals surface area contributed by atoms with Crippen molar-refractivity contribution in [3.63, 3.8) is 0 Å². The molecule has 1 aliphatic heterocycles. The number of piperidine rings is 1. The number of likely N-dealkylation sites (tertiary alicyclic amines) is 1. The summed E-state index contributed by atoms with van der Waals surface area (Å²) in [5.74, 6) is -0.625. The Morgan fingerprint density at radius 2 is 2.00 bits per heavy atom. The predicted molar refractivity (Wildman–Crippen MR) is 84.1 cm³/mol. The van der Waals surface area contributed by atoms with E-state index in [2.05, 4.69) is 0 Å². The van der Waals surface area contributed by atoms with Crippen LogP contribution in [0.25, 0.3) is 10.1 Å². The predicted octanol–water partition coefficient (Wildman–Crippen LogP) is 1.96. The summed E-state index contributed by atoms with van der Waals surface area (Å²) in [5.41, 5.74) is 12.0. The molecule has 1 aliphatic rings. The number of benzene rings is 1. The molecule has 0 aliphatic carbocycles. The zero-order valence-electron chi connectivity index (χ0n) is 11.5. The van der Waals surface area contributed by atoms with Crippen LogP contribution in [0.1, 0.15) is 28.9 Å². The van der Waals surface area contributed by atoms with Gasteiger partial charge in [0.05, 0.1) is 5.69 Å². The topological polar surface area (TPSA) is 89.4 Å². The van der Waals surface area contributed by atoms with Gasteiger partial charge < -0.3 is 16.4 Å². The maximum absolute atomic E-state index is 12.8. The Morgan fingerprint density at radius 1 is 1.24 bits per heavy atom. The zero-order valence-corrected chi connectivity index (χ0v) is 12.4. The molecule has 0 bridgehead atoms. The largest absolute Gasteiger partial charge is 0.397 e. The van der Waals surface area contributed by atoms with Crippen molar-refractivity contribution in [3.8, 4) is 0 Å². The Morgan fingerprint density at radius 3 is 2.71 bits per heavy atom. The molecule has 1 atom stereocenters. The monoisotopic (exact) mass is 303 g/mol. The molecule has 110 valence electrons. The maximum atomic E-state index is 12.8. The lowest BCUT2D eigenvalue weighted by Crippen LogP contribution is -2.50. The van der Waals surface area contributed by atoms with E-state index in [4.69, 9.17) is 11.5 Å². The molecular formula is C15H17N3O2S. The van der Waals surface area contributed by atoms with E-state index < -0.39 is 11.9 Å². The van der Waals surface area contributed by atoms with Gasteiger partial charge in [0.25, 0.3) is 5.91 Å². The molecule has 5 nitrogen and oxygen atoms in total. The van der Waals surface area contributed by atoms with Gasteiger partial charge >= 0.3 is 0 Å². The van der Waals surface area contributed by atoms with Gasteiger partial charge in [-0.2, -0.15) is 0 Å². The highest BCUT2D eigenvalue weighted by Crippen LogP contribution is 2.35. The molecule has 0 spiro atoms. The molecule has 0 radical (unpaired) electrons.